The van der Waals surface area contributed by atoms with Gasteiger partial charge in [-0.2, -0.15) is 0 Å². The first-order chi connectivity index (χ1) is 13.2. The molecule has 0 unspecified atom stereocenters. The number of likely N-dealkylation sites (tertiary alicyclic amines) is 1. The summed E-state index contributed by atoms with van der Waals surface area (Å²) >= 11 is 12.3. The van der Waals surface area contributed by atoms with Crippen LogP contribution in [-0.4, -0.2) is 27.5 Å². The van der Waals surface area contributed by atoms with Crippen LogP contribution in [0.3, 0.4) is 0 Å². The van der Waals surface area contributed by atoms with Crippen LogP contribution >= 0.6 is 23.2 Å². The quantitative estimate of drug-likeness (QED) is 0.565. The van der Waals surface area contributed by atoms with Gasteiger partial charge in [-0.25, -0.2) is 4.98 Å². The third-order valence-electron chi connectivity index (χ3n) is 6.09. The zero-order valence-corrected chi connectivity index (χ0v) is 16.8. The van der Waals surface area contributed by atoms with Gasteiger partial charge < -0.3 is 4.57 Å². The Morgan fingerprint density at radius 3 is 2.52 bits per heavy atom. The molecule has 27 heavy (non-hydrogen) atoms. The number of piperidine rings is 1. The second-order valence-corrected chi connectivity index (χ2v) is 8.69. The zero-order valence-electron chi connectivity index (χ0n) is 15.3. The summed E-state index contributed by atoms with van der Waals surface area (Å²) in [6, 6.07) is 12.5. The molecule has 2 aromatic carbocycles. The van der Waals surface area contributed by atoms with E-state index >= 15 is 0 Å². The van der Waals surface area contributed by atoms with E-state index in [4.69, 9.17) is 28.2 Å². The molecule has 1 aromatic heterocycles. The van der Waals surface area contributed by atoms with Crippen molar-refractivity contribution in [2.75, 3.05) is 13.1 Å². The van der Waals surface area contributed by atoms with Gasteiger partial charge in [0.15, 0.2) is 0 Å². The number of nitrogens with zero attached hydrogens (tertiary/aromatic N) is 3. The average Bonchev–Trinajstić information content (AvgIpc) is 3.02. The number of aryl methyl sites for hydroxylation is 2. The SMILES string of the molecule is Clc1ccc(C2CCN(Cc3nc4cc(Cl)cc5c4n3CCC5)CC2)cc1. The maximum atomic E-state index is 6.30. The molecule has 0 atom stereocenters. The first-order valence-electron chi connectivity index (χ1n) is 9.83. The molecule has 0 radical (unpaired) electrons. The van der Waals surface area contributed by atoms with Gasteiger partial charge in [0.2, 0.25) is 0 Å². The van der Waals surface area contributed by atoms with Crippen molar-refractivity contribution in [1.82, 2.24) is 14.5 Å². The van der Waals surface area contributed by atoms with Crippen molar-refractivity contribution in [3.8, 4) is 0 Å². The Balaban J connectivity index is 1.32. The first-order valence-corrected chi connectivity index (χ1v) is 10.6. The number of benzene rings is 2. The summed E-state index contributed by atoms with van der Waals surface area (Å²) in [5.41, 5.74) is 5.13. The minimum Gasteiger partial charge on any atom is -0.327 e. The lowest BCUT2D eigenvalue weighted by Crippen LogP contribution is -2.33. The number of rotatable bonds is 3. The van der Waals surface area contributed by atoms with E-state index in [1.54, 1.807) is 0 Å². The molecule has 3 heterocycles. The molecule has 0 aliphatic carbocycles. The van der Waals surface area contributed by atoms with Crippen LogP contribution in [0.4, 0.5) is 0 Å². The van der Waals surface area contributed by atoms with Crippen molar-refractivity contribution in [3.05, 3.63) is 63.4 Å². The molecule has 5 rings (SSSR count). The number of halogens is 2. The third-order valence-corrected chi connectivity index (χ3v) is 6.56. The van der Waals surface area contributed by atoms with E-state index in [0.29, 0.717) is 5.92 Å². The molecule has 140 valence electrons. The van der Waals surface area contributed by atoms with Gasteiger partial charge >= 0.3 is 0 Å². The fourth-order valence-corrected chi connectivity index (χ4v) is 5.07. The highest BCUT2D eigenvalue weighted by Crippen LogP contribution is 2.32. The normalized spacial score (nSPS) is 18.3. The molecule has 5 heteroatoms. The summed E-state index contributed by atoms with van der Waals surface area (Å²) in [4.78, 5) is 7.50. The minimum absolute atomic E-state index is 0.640. The second kappa shape index (κ2) is 7.12. The maximum Gasteiger partial charge on any atom is 0.124 e. The molecule has 1 fully saturated rings. The van der Waals surface area contributed by atoms with E-state index in [-0.39, 0.29) is 0 Å². The van der Waals surface area contributed by atoms with E-state index in [1.165, 1.54) is 41.7 Å². The van der Waals surface area contributed by atoms with E-state index < -0.39 is 0 Å². The summed E-state index contributed by atoms with van der Waals surface area (Å²) in [5.74, 6) is 1.83. The topological polar surface area (TPSA) is 21.1 Å². The Hall–Kier alpha value is -1.55. The van der Waals surface area contributed by atoms with Crippen LogP contribution in [0.5, 0.6) is 0 Å². The molecule has 3 aromatic rings. The van der Waals surface area contributed by atoms with Crippen molar-refractivity contribution in [2.45, 2.75) is 44.7 Å². The van der Waals surface area contributed by atoms with Crippen molar-refractivity contribution in [3.63, 3.8) is 0 Å². The van der Waals surface area contributed by atoms with Gasteiger partial charge in [-0.05, 0) is 80.1 Å². The van der Waals surface area contributed by atoms with Crippen LogP contribution in [-0.2, 0) is 19.5 Å². The van der Waals surface area contributed by atoms with Crippen LogP contribution in [0.2, 0.25) is 10.0 Å². The third kappa shape index (κ3) is 3.37. The van der Waals surface area contributed by atoms with Gasteiger partial charge in [0.1, 0.15) is 5.82 Å². The van der Waals surface area contributed by atoms with Crippen molar-refractivity contribution >= 4 is 34.2 Å². The monoisotopic (exact) mass is 399 g/mol. The van der Waals surface area contributed by atoms with Crippen LogP contribution in [0.15, 0.2) is 36.4 Å². The van der Waals surface area contributed by atoms with Gasteiger partial charge in [-0.3, -0.25) is 4.90 Å². The van der Waals surface area contributed by atoms with Crippen LogP contribution in [0.25, 0.3) is 11.0 Å². The molecule has 1 saturated heterocycles. The van der Waals surface area contributed by atoms with Crippen LogP contribution in [0.1, 0.15) is 42.1 Å². The fraction of sp³-hybridized carbons (Fsp3) is 0.409. The largest absolute Gasteiger partial charge is 0.327 e. The summed E-state index contributed by atoms with van der Waals surface area (Å²) in [6.07, 6.45) is 4.66. The number of hydrogen-bond acceptors (Lipinski definition) is 2. The Morgan fingerprint density at radius 2 is 1.74 bits per heavy atom. The molecule has 3 nitrogen and oxygen atoms in total. The van der Waals surface area contributed by atoms with Crippen molar-refractivity contribution in [1.29, 1.82) is 0 Å². The Morgan fingerprint density at radius 1 is 0.963 bits per heavy atom. The van der Waals surface area contributed by atoms with Gasteiger partial charge in [-0.15, -0.1) is 0 Å². The molecular formula is C22H23Cl2N3. The molecule has 0 N–H and O–H groups in total. The second-order valence-electron chi connectivity index (χ2n) is 7.82. The van der Waals surface area contributed by atoms with E-state index in [2.05, 4.69) is 27.7 Å². The summed E-state index contributed by atoms with van der Waals surface area (Å²) < 4.78 is 2.43. The predicted octanol–water partition coefficient (Wildman–Crippen LogP) is 5.67. The van der Waals surface area contributed by atoms with Crippen molar-refractivity contribution in [2.24, 2.45) is 0 Å². The van der Waals surface area contributed by atoms with Gasteiger partial charge in [-0.1, -0.05) is 35.3 Å². The predicted molar refractivity (Wildman–Crippen MR) is 112 cm³/mol. The zero-order chi connectivity index (χ0) is 18.4. The Bertz CT molecular complexity index is 969. The first kappa shape index (κ1) is 17.5. The van der Waals surface area contributed by atoms with Gasteiger partial charge in [0.25, 0.3) is 0 Å². The summed E-state index contributed by atoms with van der Waals surface area (Å²) in [6.45, 7) is 4.23. The highest BCUT2D eigenvalue weighted by atomic mass is 35.5. The Labute approximate surface area is 169 Å². The number of imidazole rings is 1. The molecule has 2 aliphatic rings. The fourth-order valence-electron chi connectivity index (χ4n) is 4.70. The molecule has 2 aliphatic heterocycles. The molecule has 0 bridgehead atoms. The average molecular weight is 400 g/mol. The van der Waals surface area contributed by atoms with Crippen LogP contribution < -0.4 is 0 Å². The summed E-state index contributed by atoms with van der Waals surface area (Å²) in [5, 5.41) is 1.62. The molecule has 0 spiro atoms. The number of aromatic nitrogens is 2. The lowest BCUT2D eigenvalue weighted by molar-refractivity contribution is 0.198. The smallest absolute Gasteiger partial charge is 0.124 e. The highest BCUT2D eigenvalue weighted by Gasteiger charge is 2.24. The number of hydrogen-bond donors (Lipinski definition) is 0. The standard InChI is InChI=1S/C22H23Cl2N3/c23-18-5-3-15(4-6-18)16-7-10-26(11-8-16)14-21-25-20-13-19(24)12-17-2-1-9-27(21)22(17)20/h3-6,12-13,16H,1-2,7-11,14H2. The van der Waals surface area contributed by atoms with Gasteiger partial charge in [0.05, 0.1) is 17.6 Å². The molecule has 0 amide bonds. The molecule has 0 saturated carbocycles. The van der Waals surface area contributed by atoms with E-state index in [9.17, 15) is 0 Å². The minimum atomic E-state index is 0.640. The highest BCUT2D eigenvalue weighted by molar-refractivity contribution is 6.31. The Kier molecular flexibility index (Phi) is 4.63. The summed E-state index contributed by atoms with van der Waals surface area (Å²) in [7, 11) is 0. The molecular weight excluding hydrogens is 377 g/mol. The lowest BCUT2D eigenvalue weighted by Gasteiger charge is -2.32. The maximum absolute atomic E-state index is 6.30. The van der Waals surface area contributed by atoms with E-state index in [1.807, 2.05) is 18.2 Å². The van der Waals surface area contributed by atoms with E-state index in [0.717, 1.165) is 48.2 Å². The van der Waals surface area contributed by atoms with Gasteiger partial charge in [0, 0.05) is 16.6 Å². The van der Waals surface area contributed by atoms with Crippen molar-refractivity contribution < 1.29 is 0 Å². The van der Waals surface area contributed by atoms with Crippen LogP contribution in [0, 0.1) is 0 Å². The lowest BCUT2D eigenvalue weighted by atomic mass is 9.89.